The molecule has 0 aliphatic heterocycles. The molecule has 0 amide bonds. The molecular formula is C7H3ClN2O. The van der Waals surface area contributed by atoms with Crippen molar-refractivity contribution in [2.45, 2.75) is 0 Å². The van der Waals surface area contributed by atoms with E-state index in [0.29, 0.717) is 11.8 Å². The topological polar surface area (TPSA) is 53.8 Å². The van der Waals surface area contributed by atoms with Crippen molar-refractivity contribution >= 4 is 17.9 Å². The minimum absolute atomic E-state index is 0.124. The molecule has 0 bridgehead atoms. The summed E-state index contributed by atoms with van der Waals surface area (Å²) >= 11 is 5.50. The molecule has 0 N–H and O–H groups in total. The first kappa shape index (κ1) is 7.70. The second-order valence-corrected chi connectivity index (χ2v) is 2.19. The van der Waals surface area contributed by atoms with Crippen LogP contribution in [0.15, 0.2) is 12.3 Å². The van der Waals surface area contributed by atoms with Gasteiger partial charge in [0.05, 0.1) is 11.1 Å². The Labute approximate surface area is 68.2 Å². The first-order valence-corrected chi connectivity index (χ1v) is 3.16. The molecule has 0 saturated carbocycles. The van der Waals surface area contributed by atoms with Crippen LogP contribution in [0.25, 0.3) is 0 Å². The van der Waals surface area contributed by atoms with Gasteiger partial charge in [-0.3, -0.25) is 4.79 Å². The summed E-state index contributed by atoms with van der Waals surface area (Å²) in [5, 5.41) is 8.52. The third-order valence-electron chi connectivity index (χ3n) is 1.12. The second kappa shape index (κ2) is 3.13. The molecule has 11 heavy (non-hydrogen) atoms. The Morgan fingerprint density at radius 1 is 1.73 bits per heavy atom. The fourth-order valence-electron chi connectivity index (χ4n) is 0.609. The van der Waals surface area contributed by atoms with Crippen molar-refractivity contribution in [3.8, 4) is 6.07 Å². The van der Waals surface area contributed by atoms with Crippen LogP contribution < -0.4 is 0 Å². The minimum Gasteiger partial charge on any atom is -0.298 e. The summed E-state index contributed by atoms with van der Waals surface area (Å²) in [4.78, 5) is 13.9. The summed E-state index contributed by atoms with van der Waals surface area (Å²) in [6.45, 7) is 0. The first-order valence-electron chi connectivity index (χ1n) is 2.78. The molecule has 1 aromatic rings. The molecule has 0 unspecified atom stereocenters. The number of nitrogens with zero attached hydrogens (tertiary/aromatic N) is 2. The number of rotatable bonds is 1. The standard InChI is InChI=1S/C7H3ClN2O/c8-7-6(4-11)1-5(2-9)3-10-7/h1,3-4H. The highest BCUT2D eigenvalue weighted by Gasteiger charge is 2.00. The van der Waals surface area contributed by atoms with Crippen LogP contribution >= 0.6 is 11.6 Å². The zero-order valence-corrected chi connectivity index (χ0v) is 6.17. The van der Waals surface area contributed by atoms with E-state index in [1.165, 1.54) is 12.3 Å². The number of hydrogen-bond acceptors (Lipinski definition) is 3. The monoisotopic (exact) mass is 166 g/mol. The number of pyridine rings is 1. The highest BCUT2D eigenvalue weighted by atomic mass is 35.5. The van der Waals surface area contributed by atoms with Gasteiger partial charge in [0.1, 0.15) is 11.2 Å². The number of nitriles is 1. The van der Waals surface area contributed by atoms with E-state index in [4.69, 9.17) is 16.9 Å². The predicted molar refractivity (Wildman–Crippen MR) is 39.3 cm³/mol. The number of halogens is 1. The molecule has 0 radical (unpaired) electrons. The lowest BCUT2D eigenvalue weighted by Gasteiger charge is -1.92. The van der Waals surface area contributed by atoms with Crippen LogP contribution in [0, 0.1) is 11.3 Å². The lowest BCUT2D eigenvalue weighted by molar-refractivity contribution is 0.112. The second-order valence-electron chi connectivity index (χ2n) is 1.83. The molecule has 54 valence electrons. The van der Waals surface area contributed by atoms with E-state index in [1.54, 1.807) is 0 Å². The summed E-state index contributed by atoms with van der Waals surface area (Å²) in [6, 6.07) is 3.24. The van der Waals surface area contributed by atoms with Crippen LogP contribution in [-0.2, 0) is 0 Å². The number of carbonyl (C=O) groups is 1. The summed E-state index contributed by atoms with van der Waals surface area (Å²) in [5.41, 5.74) is 0.571. The molecule has 0 aliphatic carbocycles. The van der Waals surface area contributed by atoms with Gasteiger partial charge in [0.25, 0.3) is 0 Å². The Hall–Kier alpha value is -1.40. The highest BCUT2D eigenvalue weighted by Crippen LogP contribution is 2.10. The molecule has 0 spiro atoms. The van der Waals surface area contributed by atoms with E-state index in [9.17, 15) is 4.79 Å². The van der Waals surface area contributed by atoms with Gasteiger partial charge in [0, 0.05) is 6.20 Å². The Balaban J connectivity index is 3.25. The average molecular weight is 167 g/mol. The van der Waals surface area contributed by atoms with Gasteiger partial charge in [-0.15, -0.1) is 0 Å². The summed E-state index contributed by atoms with van der Waals surface area (Å²) in [6.07, 6.45) is 1.88. The Bertz CT molecular complexity index is 330. The zero-order chi connectivity index (χ0) is 8.27. The number of hydrogen-bond donors (Lipinski definition) is 0. The number of carbonyl (C=O) groups excluding carboxylic acids is 1. The van der Waals surface area contributed by atoms with E-state index in [2.05, 4.69) is 4.98 Å². The molecule has 4 heteroatoms. The van der Waals surface area contributed by atoms with Gasteiger partial charge in [-0.2, -0.15) is 5.26 Å². The van der Waals surface area contributed by atoms with E-state index in [-0.39, 0.29) is 10.7 Å². The smallest absolute Gasteiger partial charge is 0.153 e. The van der Waals surface area contributed by atoms with E-state index < -0.39 is 0 Å². The van der Waals surface area contributed by atoms with Crippen molar-refractivity contribution in [1.82, 2.24) is 4.98 Å². The van der Waals surface area contributed by atoms with Crippen molar-refractivity contribution in [2.75, 3.05) is 0 Å². The predicted octanol–water partition coefficient (Wildman–Crippen LogP) is 1.42. The number of aromatic nitrogens is 1. The first-order chi connectivity index (χ1) is 5.27. The molecule has 0 aromatic carbocycles. The van der Waals surface area contributed by atoms with Gasteiger partial charge in [-0.25, -0.2) is 4.98 Å². The van der Waals surface area contributed by atoms with Crippen molar-refractivity contribution < 1.29 is 4.79 Å². The van der Waals surface area contributed by atoms with Crippen LogP contribution in [-0.4, -0.2) is 11.3 Å². The van der Waals surface area contributed by atoms with Crippen LogP contribution in [0.5, 0.6) is 0 Å². The maximum atomic E-state index is 10.3. The van der Waals surface area contributed by atoms with Gasteiger partial charge in [-0.1, -0.05) is 11.6 Å². The maximum Gasteiger partial charge on any atom is 0.153 e. The van der Waals surface area contributed by atoms with Crippen molar-refractivity contribution in [2.24, 2.45) is 0 Å². The Kier molecular flexibility index (Phi) is 2.19. The highest BCUT2D eigenvalue weighted by molar-refractivity contribution is 6.31. The van der Waals surface area contributed by atoms with E-state index in [1.807, 2.05) is 6.07 Å². The quantitative estimate of drug-likeness (QED) is 0.468. The largest absolute Gasteiger partial charge is 0.298 e. The lowest BCUT2D eigenvalue weighted by Crippen LogP contribution is -1.87. The van der Waals surface area contributed by atoms with Gasteiger partial charge in [0.15, 0.2) is 6.29 Å². The van der Waals surface area contributed by atoms with Crippen molar-refractivity contribution in [3.63, 3.8) is 0 Å². The summed E-state index contributed by atoms with van der Waals surface area (Å²) in [5.74, 6) is 0. The third kappa shape index (κ3) is 1.54. The maximum absolute atomic E-state index is 10.3. The normalized spacial score (nSPS) is 8.73. The van der Waals surface area contributed by atoms with Crippen LogP contribution in [0.4, 0.5) is 0 Å². The molecule has 0 aliphatic rings. The van der Waals surface area contributed by atoms with Gasteiger partial charge >= 0.3 is 0 Å². The minimum atomic E-state index is 0.124. The molecule has 0 fully saturated rings. The van der Waals surface area contributed by atoms with Gasteiger partial charge < -0.3 is 0 Å². The van der Waals surface area contributed by atoms with Gasteiger partial charge in [0.2, 0.25) is 0 Å². The number of aldehydes is 1. The Morgan fingerprint density at radius 2 is 2.45 bits per heavy atom. The third-order valence-corrected chi connectivity index (χ3v) is 1.44. The van der Waals surface area contributed by atoms with Crippen molar-refractivity contribution in [3.05, 3.63) is 28.5 Å². The average Bonchev–Trinajstić information content (AvgIpc) is 2.05. The van der Waals surface area contributed by atoms with E-state index >= 15 is 0 Å². The summed E-state index contributed by atoms with van der Waals surface area (Å²) in [7, 11) is 0. The lowest BCUT2D eigenvalue weighted by atomic mass is 10.2. The molecule has 0 saturated heterocycles. The molecule has 3 nitrogen and oxygen atoms in total. The molecule has 1 aromatic heterocycles. The molecular weight excluding hydrogens is 164 g/mol. The zero-order valence-electron chi connectivity index (χ0n) is 5.41. The molecule has 1 rings (SSSR count). The van der Waals surface area contributed by atoms with Crippen LogP contribution in [0.2, 0.25) is 5.15 Å². The van der Waals surface area contributed by atoms with Gasteiger partial charge in [-0.05, 0) is 6.07 Å². The van der Waals surface area contributed by atoms with Crippen molar-refractivity contribution in [1.29, 1.82) is 5.26 Å². The van der Waals surface area contributed by atoms with E-state index in [0.717, 1.165) is 0 Å². The fraction of sp³-hybridized carbons (Fsp3) is 0. The van der Waals surface area contributed by atoms with Crippen LogP contribution in [0.1, 0.15) is 15.9 Å². The molecule has 1 heterocycles. The molecule has 0 atom stereocenters. The van der Waals surface area contributed by atoms with Crippen LogP contribution in [0.3, 0.4) is 0 Å². The SMILES string of the molecule is N#Cc1cnc(Cl)c(C=O)c1. The summed E-state index contributed by atoms with van der Waals surface area (Å²) < 4.78 is 0. The fourth-order valence-corrected chi connectivity index (χ4v) is 0.757. The Morgan fingerprint density at radius 3 is 3.00 bits per heavy atom.